The van der Waals surface area contributed by atoms with Crippen molar-refractivity contribution in [2.45, 2.75) is 13.8 Å². The van der Waals surface area contributed by atoms with E-state index < -0.39 is 45.1 Å². The molecule has 21 heavy (non-hydrogen) atoms. The van der Waals surface area contributed by atoms with Crippen LogP contribution in [0.2, 0.25) is 0 Å². The molecule has 0 amide bonds. The van der Waals surface area contributed by atoms with E-state index in [0.717, 1.165) is 0 Å². The molecule has 0 aromatic rings. The molecule has 0 aromatic heterocycles. The lowest BCUT2D eigenvalue weighted by Gasteiger charge is -2.11. The van der Waals surface area contributed by atoms with E-state index in [1.807, 2.05) is 0 Å². The maximum Gasteiger partial charge on any atom is 0.324 e. The molecular formula is C12H16N2O6S. The topological polar surface area (TPSA) is 134 Å². The predicted octanol–water partition coefficient (Wildman–Crippen LogP) is -0.193. The minimum Gasteiger partial charge on any atom is -0.465 e. The van der Waals surface area contributed by atoms with Crippen LogP contribution in [0.25, 0.3) is 0 Å². The highest BCUT2D eigenvalue weighted by molar-refractivity contribution is 7.91. The van der Waals surface area contributed by atoms with Crippen molar-refractivity contribution < 1.29 is 27.5 Å². The number of ether oxygens (including phenoxy) is 2. The minimum absolute atomic E-state index is 0.0146. The zero-order valence-electron chi connectivity index (χ0n) is 11.7. The van der Waals surface area contributed by atoms with Gasteiger partial charge in [-0.15, -0.1) is 0 Å². The lowest BCUT2D eigenvalue weighted by Crippen LogP contribution is -2.31. The Kier molecular flexibility index (Phi) is 8.02. The minimum atomic E-state index is -3.98. The molecule has 8 nitrogen and oxygen atoms in total. The highest BCUT2D eigenvalue weighted by Gasteiger charge is 2.31. The molecular weight excluding hydrogens is 300 g/mol. The molecule has 0 fully saturated rings. The number of carbonyl (C=O) groups is 2. The summed E-state index contributed by atoms with van der Waals surface area (Å²) >= 11 is 0. The Morgan fingerprint density at radius 1 is 0.952 bits per heavy atom. The quantitative estimate of drug-likeness (QED) is 0.562. The summed E-state index contributed by atoms with van der Waals surface area (Å²) in [6.45, 7) is 3.07. The average Bonchev–Trinajstić information content (AvgIpc) is 2.42. The van der Waals surface area contributed by atoms with Crippen LogP contribution < -0.4 is 0 Å². The third kappa shape index (κ3) is 6.72. The van der Waals surface area contributed by atoms with Crippen molar-refractivity contribution in [3.8, 4) is 12.1 Å². The number of rotatable bonds is 8. The molecule has 0 heterocycles. The smallest absolute Gasteiger partial charge is 0.324 e. The number of carbonyl (C=O) groups excluding carboxylic acids is 2. The van der Waals surface area contributed by atoms with Gasteiger partial charge < -0.3 is 9.47 Å². The van der Waals surface area contributed by atoms with Gasteiger partial charge in [0.25, 0.3) is 0 Å². The molecule has 0 N–H and O–H groups in total. The molecule has 0 aliphatic carbocycles. The van der Waals surface area contributed by atoms with E-state index in [-0.39, 0.29) is 13.2 Å². The van der Waals surface area contributed by atoms with Crippen LogP contribution in [0.1, 0.15) is 13.8 Å². The molecule has 2 unspecified atom stereocenters. The predicted molar refractivity (Wildman–Crippen MR) is 70.1 cm³/mol. The number of esters is 2. The summed E-state index contributed by atoms with van der Waals surface area (Å²) in [5.74, 6) is -6.49. The van der Waals surface area contributed by atoms with Crippen molar-refractivity contribution >= 4 is 21.8 Å². The molecule has 0 saturated carbocycles. The Balaban J connectivity index is 4.90. The number of sulfone groups is 1. The van der Waals surface area contributed by atoms with Crippen LogP contribution in [0.3, 0.4) is 0 Å². The molecule has 0 aliphatic heterocycles. The van der Waals surface area contributed by atoms with Crippen LogP contribution in [0.15, 0.2) is 0 Å². The SMILES string of the molecule is CCOC(=O)C(C#N)CS(=O)(=O)CC(C#N)C(=O)OCC. The molecule has 0 spiro atoms. The van der Waals surface area contributed by atoms with Gasteiger partial charge in [0.05, 0.1) is 36.9 Å². The second-order valence-electron chi connectivity index (χ2n) is 3.94. The van der Waals surface area contributed by atoms with Gasteiger partial charge in [0, 0.05) is 0 Å². The molecule has 116 valence electrons. The third-order valence-electron chi connectivity index (χ3n) is 2.30. The fourth-order valence-electron chi connectivity index (χ4n) is 1.38. The van der Waals surface area contributed by atoms with Crippen LogP contribution in [-0.2, 0) is 28.9 Å². The van der Waals surface area contributed by atoms with Crippen molar-refractivity contribution in [1.29, 1.82) is 10.5 Å². The van der Waals surface area contributed by atoms with Gasteiger partial charge in [-0.2, -0.15) is 10.5 Å². The molecule has 0 saturated heterocycles. The number of hydrogen-bond donors (Lipinski definition) is 0. The highest BCUT2D eigenvalue weighted by Crippen LogP contribution is 2.10. The lowest BCUT2D eigenvalue weighted by atomic mass is 10.2. The maximum atomic E-state index is 11.9. The lowest BCUT2D eigenvalue weighted by molar-refractivity contribution is -0.146. The largest absolute Gasteiger partial charge is 0.465 e. The second-order valence-corrected chi connectivity index (χ2v) is 6.10. The normalized spacial score (nSPS) is 13.3. The zero-order valence-corrected chi connectivity index (χ0v) is 12.6. The number of nitrogens with zero attached hydrogens (tertiary/aromatic N) is 2. The Morgan fingerprint density at radius 2 is 1.29 bits per heavy atom. The molecule has 0 aliphatic rings. The molecule has 0 bridgehead atoms. The van der Waals surface area contributed by atoms with Gasteiger partial charge in [-0.1, -0.05) is 0 Å². The first-order chi connectivity index (χ1) is 9.81. The number of hydrogen-bond acceptors (Lipinski definition) is 8. The van der Waals surface area contributed by atoms with Crippen LogP contribution in [0.4, 0.5) is 0 Å². The van der Waals surface area contributed by atoms with Gasteiger partial charge >= 0.3 is 11.9 Å². The van der Waals surface area contributed by atoms with E-state index >= 15 is 0 Å². The van der Waals surface area contributed by atoms with Crippen molar-refractivity contribution in [3.05, 3.63) is 0 Å². The van der Waals surface area contributed by atoms with Crippen LogP contribution in [0.5, 0.6) is 0 Å². The Hall–Kier alpha value is -2.13. The van der Waals surface area contributed by atoms with E-state index in [2.05, 4.69) is 9.47 Å². The Labute approximate surface area is 123 Å². The van der Waals surface area contributed by atoms with Crippen LogP contribution >= 0.6 is 0 Å². The summed E-state index contributed by atoms with van der Waals surface area (Å²) in [4.78, 5) is 22.8. The van der Waals surface area contributed by atoms with Crippen molar-refractivity contribution in [2.24, 2.45) is 11.8 Å². The maximum absolute atomic E-state index is 11.9. The van der Waals surface area contributed by atoms with Crippen LogP contribution in [-0.4, -0.2) is 45.1 Å². The van der Waals surface area contributed by atoms with E-state index in [1.165, 1.54) is 26.0 Å². The Morgan fingerprint density at radius 3 is 1.52 bits per heavy atom. The van der Waals surface area contributed by atoms with Crippen molar-refractivity contribution in [2.75, 3.05) is 24.7 Å². The number of nitriles is 2. The van der Waals surface area contributed by atoms with E-state index in [9.17, 15) is 18.0 Å². The molecule has 0 radical (unpaired) electrons. The first-order valence-electron chi connectivity index (χ1n) is 6.14. The van der Waals surface area contributed by atoms with E-state index in [1.54, 1.807) is 0 Å². The summed E-state index contributed by atoms with van der Waals surface area (Å²) < 4.78 is 32.9. The van der Waals surface area contributed by atoms with Gasteiger partial charge in [0.15, 0.2) is 21.7 Å². The second kappa shape index (κ2) is 8.93. The summed E-state index contributed by atoms with van der Waals surface area (Å²) in [7, 11) is -3.98. The van der Waals surface area contributed by atoms with Gasteiger partial charge in [-0.3, -0.25) is 9.59 Å². The summed E-state index contributed by atoms with van der Waals surface area (Å²) in [5.41, 5.74) is 0. The standard InChI is InChI=1S/C12H16N2O6S/c1-3-19-11(15)9(5-13)7-21(17,18)8-10(6-14)12(16)20-4-2/h9-10H,3-4,7-8H2,1-2H3. The van der Waals surface area contributed by atoms with Crippen molar-refractivity contribution in [1.82, 2.24) is 0 Å². The fraction of sp³-hybridized carbons (Fsp3) is 0.667. The van der Waals surface area contributed by atoms with Crippen LogP contribution in [0, 0.1) is 34.5 Å². The van der Waals surface area contributed by atoms with Crippen molar-refractivity contribution in [3.63, 3.8) is 0 Å². The molecule has 2 atom stereocenters. The molecule has 0 rings (SSSR count). The summed E-state index contributed by atoms with van der Waals surface area (Å²) in [6.07, 6.45) is 0. The average molecular weight is 316 g/mol. The first kappa shape index (κ1) is 18.9. The molecule has 0 aromatic carbocycles. The monoisotopic (exact) mass is 316 g/mol. The summed E-state index contributed by atoms with van der Waals surface area (Å²) in [6, 6.07) is 3.07. The molecule has 9 heteroatoms. The Bertz CT molecular complexity index is 513. The van der Waals surface area contributed by atoms with Gasteiger partial charge in [0.2, 0.25) is 0 Å². The third-order valence-corrected chi connectivity index (χ3v) is 3.98. The van der Waals surface area contributed by atoms with Gasteiger partial charge in [0.1, 0.15) is 0 Å². The van der Waals surface area contributed by atoms with Gasteiger partial charge in [-0.05, 0) is 13.8 Å². The zero-order chi connectivity index (χ0) is 16.5. The van der Waals surface area contributed by atoms with E-state index in [4.69, 9.17) is 10.5 Å². The van der Waals surface area contributed by atoms with E-state index in [0.29, 0.717) is 0 Å². The first-order valence-corrected chi connectivity index (χ1v) is 7.96. The van der Waals surface area contributed by atoms with Gasteiger partial charge in [-0.25, -0.2) is 8.42 Å². The highest BCUT2D eigenvalue weighted by atomic mass is 32.2. The fourth-order valence-corrected chi connectivity index (χ4v) is 2.95. The summed E-state index contributed by atoms with van der Waals surface area (Å²) in [5, 5.41) is 17.6.